The maximum absolute atomic E-state index is 12.0. The molecular weight excluding hydrogens is 252 g/mol. The quantitative estimate of drug-likeness (QED) is 0.794. The van der Waals surface area contributed by atoms with Crippen LogP contribution in [0, 0.1) is 19.8 Å². The zero-order valence-corrected chi connectivity index (χ0v) is 13.6. The molecule has 5 nitrogen and oxygen atoms in total. The van der Waals surface area contributed by atoms with E-state index in [9.17, 15) is 4.79 Å². The number of carbonyl (C=O) groups is 1. The van der Waals surface area contributed by atoms with Gasteiger partial charge in [-0.3, -0.25) is 9.48 Å². The number of hydrogen-bond acceptors (Lipinski definition) is 3. The molecule has 0 aliphatic heterocycles. The molecule has 0 aliphatic carbocycles. The number of nitrogens with zero attached hydrogens (tertiary/aromatic N) is 2. The Morgan fingerprint density at radius 2 is 1.95 bits per heavy atom. The normalized spacial score (nSPS) is 12.8. The Labute approximate surface area is 122 Å². The van der Waals surface area contributed by atoms with Gasteiger partial charge in [0.2, 0.25) is 5.91 Å². The summed E-state index contributed by atoms with van der Waals surface area (Å²) in [6.07, 6.45) is 0.409. The van der Waals surface area contributed by atoms with Gasteiger partial charge in [-0.2, -0.15) is 5.10 Å². The average molecular weight is 280 g/mol. The monoisotopic (exact) mass is 280 g/mol. The van der Waals surface area contributed by atoms with Crippen molar-refractivity contribution in [3.63, 3.8) is 0 Å². The summed E-state index contributed by atoms with van der Waals surface area (Å²) >= 11 is 0. The molecule has 0 fully saturated rings. The zero-order chi connectivity index (χ0) is 15.3. The van der Waals surface area contributed by atoms with E-state index in [1.807, 2.05) is 32.5 Å². The molecule has 1 heterocycles. The maximum atomic E-state index is 12.0. The van der Waals surface area contributed by atoms with Crippen molar-refractivity contribution in [2.45, 2.75) is 53.6 Å². The Morgan fingerprint density at radius 3 is 2.50 bits per heavy atom. The zero-order valence-electron chi connectivity index (χ0n) is 13.6. The molecule has 1 aromatic heterocycles. The Hall–Kier alpha value is -1.36. The number of likely N-dealkylation sites (N-methyl/N-ethyl adjacent to an activating group) is 1. The first-order chi connectivity index (χ1) is 9.35. The van der Waals surface area contributed by atoms with Crippen molar-refractivity contribution in [2.24, 2.45) is 5.92 Å². The number of hydrogen-bond donors (Lipinski definition) is 2. The van der Waals surface area contributed by atoms with Crippen LogP contribution in [0.25, 0.3) is 0 Å². The van der Waals surface area contributed by atoms with Crippen LogP contribution in [0.3, 0.4) is 0 Å². The SMILES string of the molecule is CNC(C)CNC(=O)Cc1c(C)nn(CC(C)C)c1C. The van der Waals surface area contributed by atoms with Crippen molar-refractivity contribution in [1.29, 1.82) is 0 Å². The minimum atomic E-state index is 0.0578. The van der Waals surface area contributed by atoms with Crippen molar-refractivity contribution in [2.75, 3.05) is 13.6 Å². The third-order valence-electron chi connectivity index (χ3n) is 3.50. The third kappa shape index (κ3) is 4.63. The van der Waals surface area contributed by atoms with Crippen molar-refractivity contribution >= 4 is 5.91 Å². The number of carbonyl (C=O) groups excluding carboxylic acids is 1. The van der Waals surface area contributed by atoms with Crippen molar-refractivity contribution in [3.05, 3.63) is 17.0 Å². The smallest absolute Gasteiger partial charge is 0.224 e. The highest BCUT2D eigenvalue weighted by atomic mass is 16.1. The Balaban J connectivity index is 2.68. The summed E-state index contributed by atoms with van der Waals surface area (Å²) in [6.45, 7) is 11.9. The minimum Gasteiger partial charge on any atom is -0.354 e. The van der Waals surface area contributed by atoms with Crippen LogP contribution in [0.4, 0.5) is 0 Å². The second-order valence-corrected chi connectivity index (χ2v) is 5.90. The van der Waals surface area contributed by atoms with Crippen LogP contribution in [-0.2, 0) is 17.8 Å². The molecule has 0 aromatic carbocycles. The van der Waals surface area contributed by atoms with Gasteiger partial charge in [0.1, 0.15) is 0 Å². The second-order valence-electron chi connectivity index (χ2n) is 5.90. The standard InChI is InChI=1S/C15H28N4O/c1-10(2)9-19-13(5)14(12(4)18-19)7-15(20)17-8-11(3)16-6/h10-11,16H,7-9H2,1-6H3,(H,17,20). The van der Waals surface area contributed by atoms with E-state index in [0.29, 0.717) is 18.9 Å². The molecule has 5 heteroatoms. The van der Waals surface area contributed by atoms with Gasteiger partial charge in [0.25, 0.3) is 0 Å². The molecule has 0 bridgehead atoms. The van der Waals surface area contributed by atoms with E-state index in [4.69, 9.17) is 0 Å². The first kappa shape index (κ1) is 16.7. The number of aryl methyl sites for hydroxylation is 1. The molecule has 0 saturated carbocycles. The lowest BCUT2D eigenvalue weighted by atomic mass is 10.1. The molecule has 0 spiro atoms. The van der Waals surface area contributed by atoms with E-state index in [2.05, 4.69) is 29.6 Å². The summed E-state index contributed by atoms with van der Waals surface area (Å²) in [7, 11) is 1.89. The van der Waals surface area contributed by atoms with Crippen molar-refractivity contribution < 1.29 is 4.79 Å². The highest BCUT2D eigenvalue weighted by Gasteiger charge is 2.15. The molecule has 114 valence electrons. The van der Waals surface area contributed by atoms with Crippen LogP contribution < -0.4 is 10.6 Å². The molecular formula is C15H28N4O. The molecule has 0 saturated heterocycles. The van der Waals surface area contributed by atoms with Gasteiger partial charge in [-0.15, -0.1) is 0 Å². The highest BCUT2D eigenvalue weighted by Crippen LogP contribution is 2.15. The molecule has 1 aromatic rings. The average Bonchev–Trinajstić information content (AvgIpc) is 2.63. The Bertz CT molecular complexity index is 451. The number of nitrogens with one attached hydrogen (secondary N) is 2. The van der Waals surface area contributed by atoms with E-state index in [-0.39, 0.29) is 11.9 Å². The molecule has 20 heavy (non-hydrogen) atoms. The fourth-order valence-electron chi connectivity index (χ4n) is 2.11. The van der Waals surface area contributed by atoms with Gasteiger partial charge in [-0.1, -0.05) is 13.8 Å². The lowest BCUT2D eigenvalue weighted by Gasteiger charge is -2.11. The molecule has 1 rings (SSSR count). The van der Waals surface area contributed by atoms with Crippen LogP contribution >= 0.6 is 0 Å². The lowest BCUT2D eigenvalue weighted by Crippen LogP contribution is -2.37. The molecule has 1 unspecified atom stereocenters. The van der Waals surface area contributed by atoms with Crippen molar-refractivity contribution in [1.82, 2.24) is 20.4 Å². The largest absolute Gasteiger partial charge is 0.354 e. The van der Waals surface area contributed by atoms with Gasteiger partial charge in [-0.25, -0.2) is 0 Å². The van der Waals surface area contributed by atoms with E-state index in [1.165, 1.54) is 0 Å². The van der Waals surface area contributed by atoms with E-state index < -0.39 is 0 Å². The molecule has 0 aliphatic rings. The first-order valence-electron chi connectivity index (χ1n) is 7.32. The summed E-state index contributed by atoms with van der Waals surface area (Å²) in [6, 6.07) is 0.282. The maximum Gasteiger partial charge on any atom is 0.224 e. The fraction of sp³-hybridized carbons (Fsp3) is 0.733. The van der Waals surface area contributed by atoms with Crippen LogP contribution in [0.5, 0.6) is 0 Å². The molecule has 1 atom stereocenters. The van der Waals surface area contributed by atoms with Crippen LogP contribution in [-0.4, -0.2) is 35.3 Å². The van der Waals surface area contributed by atoms with Crippen molar-refractivity contribution in [3.8, 4) is 0 Å². The van der Waals surface area contributed by atoms with Gasteiger partial charge in [0.05, 0.1) is 12.1 Å². The summed E-state index contributed by atoms with van der Waals surface area (Å²) < 4.78 is 2.01. The topological polar surface area (TPSA) is 58.9 Å². The highest BCUT2D eigenvalue weighted by molar-refractivity contribution is 5.79. The van der Waals surface area contributed by atoms with Crippen LogP contribution in [0.15, 0.2) is 0 Å². The predicted octanol–water partition coefficient (Wildman–Crippen LogP) is 1.42. The second kappa shape index (κ2) is 7.43. The number of rotatable bonds is 7. The Morgan fingerprint density at radius 1 is 1.30 bits per heavy atom. The predicted molar refractivity (Wildman–Crippen MR) is 81.8 cm³/mol. The van der Waals surface area contributed by atoms with Gasteiger partial charge >= 0.3 is 0 Å². The molecule has 2 N–H and O–H groups in total. The van der Waals surface area contributed by atoms with Gasteiger partial charge in [0.15, 0.2) is 0 Å². The Kier molecular flexibility index (Phi) is 6.20. The van der Waals surface area contributed by atoms with Crippen LogP contribution in [0.2, 0.25) is 0 Å². The fourth-order valence-corrected chi connectivity index (χ4v) is 2.11. The van der Waals surface area contributed by atoms with Gasteiger partial charge < -0.3 is 10.6 Å². The lowest BCUT2D eigenvalue weighted by molar-refractivity contribution is -0.120. The summed E-state index contributed by atoms with van der Waals surface area (Å²) in [5.74, 6) is 0.605. The van der Waals surface area contributed by atoms with Crippen LogP contribution in [0.1, 0.15) is 37.7 Å². The minimum absolute atomic E-state index is 0.0578. The molecule has 0 radical (unpaired) electrons. The first-order valence-corrected chi connectivity index (χ1v) is 7.32. The van der Waals surface area contributed by atoms with E-state index in [1.54, 1.807) is 0 Å². The van der Waals surface area contributed by atoms with E-state index >= 15 is 0 Å². The third-order valence-corrected chi connectivity index (χ3v) is 3.50. The molecule has 1 amide bonds. The van der Waals surface area contributed by atoms with E-state index in [0.717, 1.165) is 23.5 Å². The summed E-state index contributed by atoms with van der Waals surface area (Å²) in [5, 5.41) is 10.6. The van der Waals surface area contributed by atoms with Gasteiger partial charge in [-0.05, 0) is 33.7 Å². The summed E-state index contributed by atoms with van der Waals surface area (Å²) in [5.41, 5.74) is 3.12. The number of aromatic nitrogens is 2. The summed E-state index contributed by atoms with van der Waals surface area (Å²) in [4.78, 5) is 12.0. The van der Waals surface area contributed by atoms with Gasteiger partial charge in [0, 0.05) is 30.4 Å². The number of amides is 1.